The number of likely N-dealkylation sites (tertiary alicyclic amines) is 1. The number of nitrogens with zero attached hydrogens (tertiary/aromatic N) is 1. The normalized spacial score (nSPS) is 19.2. The number of hydrogen-bond acceptors (Lipinski definition) is 4. The Bertz CT molecular complexity index is 467. The van der Waals surface area contributed by atoms with Crippen LogP contribution < -0.4 is 15.2 Å². The van der Waals surface area contributed by atoms with Gasteiger partial charge in [0.15, 0.2) is 11.5 Å². The van der Waals surface area contributed by atoms with Crippen LogP contribution in [0.5, 0.6) is 11.5 Å². The number of thiocarbonyl (C=S) groups is 1. The minimum absolute atomic E-state index is 0.351. The summed E-state index contributed by atoms with van der Waals surface area (Å²) in [6, 6.07) is 7.79. The molecule has 1 aliphatic rings. The van der Waals surface area contributed by atoms with E-state index < -0.39 is 0 Å². The van der Waals surface area contributed by atoms with Crippen LogP contribution in [0.15, 0.2) is 24.3 Å². The molecule has 0 spiro atoms. The van der Waals surface area contributed by atoms with Crippen LogP contribution in [0.3, 0.4) is 0 Å². The van der Waals surface area contributed by atoms with Crippen molar-refractivity contribution in [1.29, 1.82) is 0 Å². The van der Waals surface area contributed by atoms with Crippen molar-refractivity contribution in [3.05, 3.63) is 24.3 Å². The highest BCUT2D eigenvalue weighted by molar-refractivity contribution is 7.80. The number of piperidine rings is 1. The first-order valence-electron chi connectivity index (χ1n) is 7.57. The number of hydrogen-bond donors (Lipinski definition) is 1. The molecule has 1 saturated heterocycles. The average Bonchev–Trinajstić information content (AvgIpc) is 2.49. The Hall–Kier alpha value is -1.33. The average molecular weight is 308 g/mol. The Morgan fingerprint density at radius 2 is 2.05 bits per heavy atom. The standard InChI is InChI=1S/C16H24N2O2S/c1-2-19-14-7-3-4-8-15(14)20-11-10-18-9-5-6-13(12-18)16(17)21/h3-4,7-8,13H,2,5-6,9-12H2,1H3,(H2,17,21). The van der Waals surface area contributed by atoms with Crippen molar-refractivity contribution in [2.24, 2.45) is 11.7 Å². The molecule has 0 aromatic heterocycles. The van der Waals surface area contributed by atoms with Gasteiger partial charge in [0.1, 0.15) is 6.61 Å². The smallest absolute Gasteiger partial charge is 0.161 e. The Balaban J connectivity index is 1.80. The fraction of sp³-hybridized carbons (Fsp3) is 0.562. The molecule has 2 N–H and O–H groups in total. The first kappa shape index (κ1) is 16.0. The zero-order chi connectivity index (χ0) is 15.1. The first-order chi connectivity index (χ1) is 10.2. The highest BCUT2D eigenvalue weighted by Crippen LogP contribution is 2.26. The van der Waals surface area contributed by atoms with E-state index in [4.69, 9.17) is 27.4 Å². The summed E-state index contributed by atoms with van der Waals surface area (Å²) in [5.41, 5.74) is 5.76. The predicted octanol–water partition coefficient (Wildman–Crippen LogP) is 2.46. The first-order valence-corrected chi connectivity index (χ1v) is 7.97. The molecule has 1 aliphatic heterocycles. The summed E-state index contributed by atoms with van der Waals surface area (Å²) in [4.78, 5) is 3.01. The number of nitrogens with two attached hydrogens (primary N) is 1. The van der Waals surface area contributed by atoms with Crippen LogP contribution in [-0.2, 0) is 0 Å². The summed E-state index contributed by atoms with van der Waals surface area (Å²) in [6.07, 6.45) is 2.26. The molecule has 0 radical (unpaired) electrons. The lowest BCUT2D eigenvalue weighted by Crippen LogP contribution is -2.42. The third kappa shape index (κ3) is 4.86. The number of benzene rings is 1. The Morgan fingerprint density at radius 1 is 1.33 bits per heavy atom. The van der Waals surface area contributed by atoms with E-state index in [1.54, 1.807) is 0 Å². The van der Waals surface area contributed by atoms with Crippen LogP contribution in [0.2, 0.25) is 0 Å². The zero-order valence-electron chi connectivity index (χ0n) is 12.6. The quantitative estimate of drug-likeness (QED) is 0.784. The molecule has 2 rings (SSSR count). The van der Waals surface area contributed by atoms with Crippen LogP contribution in [0.25, 0.3) is 0 Å². The second-order valence-electron chi connectivity index (χ2n) is 5.27. The largest absolute Gasteiger partial charge is 0.490 e. The van der Waals surface area contributed by atoms with E-state index in [1.807, 2.05) is 31.2 Å². The van der Waals surface area contributed by atoms with E-state index in [9.17, 15) is 0 Å². The molecule has 4 nitrogen and oxygen atoms in total. The minimum Gasteiger partial charge on any atom is -0.490 e. The van der Waals surface area contributed by atoms with Gasteiger partial charge in [0, 0.05) is 19.0 Å². The second-order valence-corrected chi connectivity index (χ2v) is 5.74. The number of para-hydroxylation sites is 2. The van der Waals surface area contributed by atoms with Gasteiger partial charge < -0.3 is 15.2 Å². The van der Waals surface area contributed by atoms with Gasteiger partial charge in [-0.2, -0.15) is 0 Å². The summed E-state index contributed by atoms with van der Waals surface area (Å²) >= 11 is 5.11. The molecule has 1 unspecified atom stereocenters. The molecular weight excluding hydrogens is 284 g/mol. The molecule has 5 heteroatoms. The maximum atomic E-state index is 5.86. The van der Waals surface area contributed by atoms with Gasteiger partial charge in [-0.1, -0.05) is 24.4 Å². The Labute approximate surface area is 132 Å². The van der Waals surface area contributed by atoms with Crippen molar-refractivity contribution < 1.29 is 9.47 Å². The van der Waals surface area contributed by atoms with Gasteiger partial charge in [0.25, 0.3) is 0 Å². The molecule has 0 aliphatic carbocycles. The Kier molecular flexibility index (Phi) is 6.26. The van der Waals surface area contributed by atoms with Crippen molar-refractivity contribution in [2.75, 3.05) is 32.8 Å². The fourth-order valence-electron chi connectivity index (χ4n) is 2.62. The van der Waals surface area contributed by atoms with Gasteiger partial charge in [0.05, 0.1) is 11.6 Å². The lowest BCUT2D eigenvalue weighted by molar-refractivity contribution is 0.165. The molecule has 1 heterocycles. The molecule has 1 aromatic carbocycles. The summed E-state index contributed by atoms with van der Waals surface area (Å²) < 4.78 is 11.4. The van der Waals surface area contributed by atoms with Gasteiger partial charge in [-0.25, -0.2) is 0 Å². The van der Waals surface area contributed by atoms with Gasteiger partial charge >= 0.3 is 0 Å². The third-order valence-electron chi connectivity index (χ3n) is 3.72. The van der Waals surface area contributed by atoms with Crippen LogP contribution in [0.1, 0.15) is 19.8 Å². The van der Waals surface area contributed by atoms with Gasteiger partial charge in [-0.05, 0) is 38.4 Å². The highest BCUT2D eigenvalue weighted by atomic mass is 32.1. The van der Waals surface area contributed by atoms with E-state index in [1.165, 1.54) is 0 Å². The summed E-state index contributed by atoms with van der Waals surface area (Å²) in [7, 11) is 0. The van der Waals surface area contributed by atoms with Crippen LogP contribution in [0.4, 0.5) is 0 Å². The van der Waals surface area contributed by atoms with Crippen molar-refractivity contribution in [2.45, 2.75) is 19.8 Å². The number of ether oxygens (including phenoxy) is 2. The van der Waals surface area contributed by atoms with Gasteiger partial charge in [-0.15, -0.1) is 0 Å². The monoisotopic (exact) mass is 308 g/mol. The molecule has 0 saturated carbocycles. The zero-order valence-corrected chi connectivity index (χ0v) is 13.4. The third-order valence-corrected chi connectivity index (χ3v) is 4.06. The lowest BCUT2D eigenvalue weighted by atomic mass is 9.98. The molecule has 1 atom stereocenters. The summed E-state index contributed by atoms with van der Waals surface area (Å²) in [6.45, 7) is 6.19. The number of rotatable bonds is 7. The van der Waals surface area contributed by atoms with E-state index in [-0.39, 0.29) is 0 Å². The van der Waals surface area contributed by atoms with Crippen molar-refractivity contribution in [3.63, 3.8) is 0 Å². The van der Waals surface area contributed by atoms with Crippen LogP contribution in [-0.4, -0.2) is 42.7 Å². The van der Waals surface area contributed by atoms with E-state index in [0.29, 0.717) is 24.1 Å². The maximum absolute atomic E-state index is 5.86. The highest BCUT2D eigenvalue weighted by Gasteiger charge is 2.21. The molecule has 1 aromatic rings. The molecule has 116 valence electrons. The second kappa shape index (κ2) is 8.20. The van der Waals surface area contributed by atoms with E-state index in [0.717, 1.165) is 44.0 Å². The fourth-order valence-corrected chi connectivity index (χ4v) is 2.81. The molecule has 1 fully saturated rings. The van der Waals surface area contributed by atoms with E-state index >= 15 is 0 Å². The van der Waals surface area contributed by atoms with Crippen LogP contribution >= 0.6 is 12.2 Å². The van der Waals surface area contributed by atoms with Crippen molar-refractivity contribution in [1.82, 2.24) is 4.90 Å². The van der Waals surface area contributed by atoms with Crippen LogP contribution in [0, 0.1) is 5.92 Å². The SMILES string of the molecule is CCOc1ccccc1OCCN1CCCC(C(N)=S)C1. The predicted molar refractivity (Wildman–Crippen MR) is 89.1 cm³/mol. The van der Waals surface area contributed by atoms with Gasteiger partial charge in [0.2, 0.25) is 0 Å². The van der Waals surface area contributed by atoms with Crippen molar-refractivity contribution >= 4 is 17.2 Å². The molecule has 0 bridgehead atoms. The minimum atomic E-state index is 0.351. The molecule has 0 amide bonds. The van der Waals surface area contributed by atoms with Crippen molar-refractivity contribution in [3.8, 4) is 11.5 Å². The summed E-state index contributed by atoms with van der Waals surface area (Å²) in [5, 5.41) is 0. The molecular formula is C16H24N2O2S. The van der Waals surface area contributed by atoms with E-state index in [2.05, 4.69) is 4.90 Å². The van der Waals surface area contributed by atoms with Gasteiger partial charge in [-0.3, -0.25) is 4.90 Å². The topological polar surface area (TPSA) is 47.7 Å². The maximum Gasteiger partial charge on any atom is 0.161 e. The Morgan fingerprint density at radius 3 is 2.71 bits per heavy atom. The molecule has 21 heavy (non-hydrogen) atoms. The summed E-state index contributed by atoms with van der Waals surface area (Å²) in [5.74, 6) is 1.96. The lowest BCUT2D eigenvalue weighted by Gasteiger charge is -2.32.